The zero-order valence-electron chi connectivity index (χ0n) is 15.1. The van der Waals surface area contributed by atoms with Crippen LogP contribution in [0.3, 0.4) is 0 Å². The largest absolute Gasteiger partial charge is 0.474 e. The quantitative estimate of drug-likeness (QED) is 0.240. The molecule has 0 amide bonds. The molecule has 0 aliphatic heterocycles. The van der Waals surface area contributed by atoms with Crippen LogP contribution in [-0.2, 0) is 43.5 Å². The first kappa shape index (κ1) is 25.1. The van der Waals surface area contributed by atoms with Gasteiger partial charge in [-0.25, -0.2) is 8.77 Å². The van der Waals surface area contributed by atoms with Gasteiger partial charge in [0, 0.05) is 0 Å². The normalized spacial score (nSPS) is 14.6. The number of phosphoric ester groups is 1. The Balaban J connectivity index is 4.35. The highest BCUT2D eigenvalue weighted by molar-refractivity contribution is 7.86. The Morgan fingerprint density at radius 2 is 1.68 bits per heavy atom. The van der Waals surface area contributed by atoms with Crippen molar-refractivity contribution in [3.05, 3.63) is 0 Å². The van der Waals surface area contributed by atoms with Crippen LogP contribution < -0.4 is 0 Å². The molecule has 0 rings (SSSR count). The minimum absolute atomic E-state index is 0.0425. The van der Waals surface area contributed by atoms with Gasteiger partial charge < -0.3 is 4.55 Å². The third-order valence-electron chi connectivity index (χ3n) is 2.95. The first-order chi connectivity index (χ1) is 11.5. The van der Waals surface area contributed by atoms with Crippen molar-refractivity contribution in [2.45, 2.75) is 40.5 Å². The molecule has 25 heavy (non-hydrogen) atoms. The Bertz CT molecular complexity index is 538. The summed E-state index contributed by atoms with van der Waals surface area (Å²) < 4.78 is 75.0. The molecule has 0 aromatic rings. The predicted octanol–water partition coefficient (Wildman–Crippen LogP) is 2.56. The monoisotopic (exact) mass is 424 g/mol. The lowest BCUT2D eigenvalue weighted by Crippen LogP contribution is -2.25. The number of hydrogen-bond donors (Lipinski definition) is 1. The van der Waals surface area contributed by atoms with Crippen LogP contribution in [0, 0.1) is 5.41 Å². The van der Waals surface area contributed by atoms with Crippen LogP contribution in [0.15, 0.2) is 0 Å². The van der Waals surface area contributed by atoms with Gasteiger partial charge in [-0.3, -0.25) is 17.8 Å². The summed E-state index contributed by atoms with van der Waals surface area (Å²) in [7, 11) is -7.36. The lowest BCUT2D eigenvalue weighted by Gasteiger charge is -2.25. The zero-order valence-corrected chi connectivity index (χ0v) is 17.7. The second-order valence-electron chi connectivity index (χ2n) is 5.93. The Morgan fingerprint density at radius 3 is 2.16 bits per heavy atom. The minimum atomic E-state index is -3.77. The molecule has 0 saturated heterocycles. The maximum absolute atomic E-state index is 12.2. The van der Waals surface area contributed by atoms with Crippen LogP contribution in [0.25, 0.3) is 0 Å². The second-order valence-corrected chi connectivity index (χ2v) is 10.4. The van der Waals surface area contributed by atoms with E-state index in [4.69, 9.17) is 22.3 Å². The van der Waals surface area contributed by atoms with Gasteiger partial charge in [-0.15, -0.1) is 0 Å². The van der Waals surface area contributed by atoms with Crippen molar-refractivity contribution in [1.82, 2.24) is 0 Å². The van der Waals surface area contributed by atoms with Crippen molar-refractivity contribution in [3.63, 3.8) is 0 Å². The molecule has 1 N–H and O–H groups in total. The van der Waals surface area contributed by atoms with E-state index in [1.807, 2.05) is 0 Å². The smallest absolute Gasteiger partial charge is 0.306 e. The molecule has 1 atom stereocenters. The fourth-order valence-electron chi connectivity index (χ4n) is 1.60. The van der Waals surface area contributed by atoms with Crippen molar-refractivity contribution < 1.29 is 39.5 Å². The van der Waals surface area contributed by atoms with E-state index in [9.17, 15) is 17.2 Å². The van der Waals surface area contributed by atoms with E-state index in [2.05, 4.69) is 0 Å². The number of rotatable bonds is 15. The summed E-state index contributed by atoms with van der Waals surface area (Å²) in [6.07, 6.45) is 0.411. The molecule has 12 heteroatoms. The average molecular weight is 424 g/mol. The van der Waals surface area contributed by atoms with Crippen LogP contribution in [-0.4, -0.2) is 55.1 Å². The van der Waals surface area contributed by atoms with Gasteiger partial charge in [-0.05, 0) is 32.1 Å². The molecule has 0 aliphatic rings. The van der Waals surface area contributed by atoms with E-state index in [0.717, 1.165) is 0 Å². The lowest BCUT2D eigenvalue weighted by molar-refractivity contribution is 0.0962. The van der Waals surface area contributed by atoms with Gasteiger partial charge in [0.1, 0.15) is 0 Å². The average Bonchev–Trinajstić information content (AvgIpc) is 2.45. The van der Waals surface area contributed by atoms with Gasteiger partial charge in [-0.2, -0.15) is 8.42 Å². The maximum atomic E-state index is 12.2. The molecule has 0 bridgehead atoms. The Kier molecular flexibility index (Phi) is 11.8. The summed E-state index contributed by atoms with van der Waals surface area (Å²) in [5.74, 6) is -0.445. The summed E-state index contributed by atoms with van der Waals surface area (Å²) in [6.45, 7) is 7.23. The molecule has 0 radical (unpaired) electrons. The highest BCUT2D eigenvalue weighted by atomic mass is 32.2. The van der Waals surface area contributed by atoms with Crippen molar-refractivity contribution in [2.24, 2.45) is 5.41 Å². The molecule has 9 nitrogen and oxygen atoms in total. The Morgan fingerprint density at radius 1 is 1.12 bits per heavy atom. The molecule has 0 aromatic carbocycles. The first-order valence-electron chi connectivity index (χ1n) is 7.93. The third-order valence-corrected chi connectivity index (χ3v) is 6.50. The van der Waals surface area contributed by atoms with Gasteiger partial charge in [0.15, 0.2) is 11.1 Å². The van der Waals surface area contributed by atoms with E-state index in [1.54, 1.807) is 27.7 Å². The topological polar surface area (TPSA) is 125 Å². The first-order valence-corrected chi connectivity index (χ1v) is 12.2. The molecule has 0 aromatic heterocycles. The maximum Gasteiger partial charge on any atom is 0.474 e. The summed E-state index contributed by atoms with van der Waals surface area (Å²) in [5.41, 5.74) is -0.559. The second kappa shape index (κ2) is 11.8. The van der Waals surface area contributed by atoms with Crippen LogP contribution in [0.2, 0.25) is 0 Å². The highest BCUT2D eigenvalue weighted by Gasteiger charge is 2.28. The van der Waals surface area contributed by atoms with E-state index < -0.39 is 34.4 Å². The van der Waals surface area contributed by atoms with E-state index >= 15 is 0 Å². The van der Waals surface area contributed by atoms with Gasteiger partial charge in [0.05, 0.1) is 37.9 Å². The van der Waals surface area contributed by atoms with E-state index in [0.29, 0.717) is 6.42 Å². The highest BCUT2D eigenvalue weighted by Crippen LogP contribution is 2.49. The van der Waals surface area contributed by atoms with Crippen molar-refractivity contribution in [3.8, 4) is 0 Å². The van der Waals surface area contributed by atoms with Gasteiger partial charge in [-0.1, -0.05) is 13.8 Å². The summed E-state index contributed by atoms with van der Waals surface area (Å²) in [6, 6.07) is 0. The fraction of sp³-hybridized carbons (Fsp3) is 1.00. The van der Waals surface area contributed by atoms with Crippen molar-refractivity contribution in [1.29, 1.82) is 0 Å². The van der Waals surface area contributed by atoms with Crippen LogP contribution in [0.4, 0.5) is 0 Å². The lowest BCUT2D eigenvalue weighted by atomic mass is 9.91. The van der Waals surface area contributed by atoms with Crippen LogP contribution in [0.1, 0.15) is 40.5 Å². The molecule has 0 aliphatic carbocycles. The van der Waals surface area contributed by atoms with Gasteiger partial charge in [0.25, 0.3) is 10.1 Å². The molecule has 0 saturated carbocycles. The number of hydrogen-bond acceptors (Lipinski definition) is 8. The van der Waals surface area contributed by atoms with E-state index in [-0.39, 0.29) is 44.4 Å². The zero-order chi connectivity index (χ0) is 19.6. The van der Waals surface area contributed by atoms with E-state index in [1.165, 1.54) is 0 Å². The molecule has 1 unspecified atom stereocenters. The third kappa shape index (κ3) is 13.0. The standard InChI is InChI=1S/C13H29O9PS2/c1-5-19-23(14,20-6-2)21-9-8-13(3,4)12-22-25(17,18)11-7-10-24(15)16/h5-12H2,1-4H3,(H,15,16). The minimum Gasteiger partial charge on any atom is -0.306 e. The van der Waals surface area contributed by atoms with Crippen LogP contribution in [0.5, 0.6) is 0 Å². The molecular weight excluding hydrogens is 395 g/mol. The molecule has 0 heterocycles. The predicted molar refractivity (Wildman–Crippen MR) is 95.2 cm³/mol. The molecular formula is C13H29O9PS2. The molecule has 152 valence electrons. The van der Waals surface area contributed by atoms with Gasteiger partial charge in [0.2, 0.25) is 0 Å². The Labute approximate surface area is 152 Å². The van der Waals surface area contributed by atoms with Crippen molar-refractivity contribution >= 4 is 29.0 Å². The van der Waals surface area contributed by atoms with Crippen molar-refractivity contribution in [2.75, 3.05) is 37.9 Å². The Hall–Kier alpha value is 0.130. The molecule has 0 fully saturated rings. The summed E-state index contributed by atoms with van der Waals surface area (Å²) in [5, 5.41) is 0. The van der Waals surface area contributed by atoms with Gasteiger partial charge >= 0.3 is 7.82 Å². The SMILES string of the molecule is CCOP(=O)(OCC)OCCC(C)(C)COS(=O)(=O)CCCS(=O)O. The fourth-order valence-corrected chi connectivity index (χ4v) is 4.46. The summed E-state index contributed by atoms with van der Waals surface area (Å²) >= 11 is -2.02. The summed E-state index contributed by atoms with van der Waals surface area (Å²) in [4.78, 5) is 0. The number of phosphoric acid groups is 1. The molecule has 0 spiro atoms. The van der Waals surface area contributed by atoms with Crippen LogP contribution >= 0.6 is 7.82 Å².